The average Bonchev–Trinajstić information content (AvgIpc) is 2.91. The van der Waals surface area contributed by atoms with Crippen molar-refractivity contribution in [2.24, 2.45) is 11.7 Å². The van der Waals surface area contributed by atoms with E-state index < -0.39 is 0 Å². The molecular formula is C16H26N2O. The van der Waals surface area contributed by atoms with E-state index in [1.165, 1.54) is 37.1 Å². The van der Waals surface area contributed by atoms with E-state index >= 15 is 0 Å². The number of nitrogens with two attached hydrogens (primary N) is 1. The lowest BCUT2D eigenvalue weighted by molar-refractivity contribution is 0.185. The number of hydrogen-bond donors (Lipinski definition) is 1. The predicted octanol–water partition coefficient (Wildman–Crippen LogP) is 2.56. The van der Waals surface area contributed by atoms with Gasteiger partial charge < -0.3 is 10.5 Å². The van der Waals surface area contributed by atoms with Crippen molar-refractivity contribution in [2.45, 2.75) is 32.4 Å². The Morgan fingerprint density at radius 2 is 2.11 bits per heavy atom. The Morgan fingerprint density at radius 1 is 1.37 bits per heavy atom. The number of ether oxygens (including phenoxy) is 1. The monoisotopic (exact) mass is 262 g/mol. The molecule has 2 rings (SSSR count). The molecule has 106 valence electrons. The highest BCUT2D eigenvalue weighted by atomic mass is 16.5. The van der Waals surface area contributed by atoms with Gasteiger partial charge in [0.25, 0.3) is 0 Å². The van der Waals surface area contributed by atoms with Crippen LogP contribution in [0.4, 0.5) is 0 Å². The first-order valence-electron chi connectivity index (χ1n) is 7.30. The third-order valence-electron chi connectivity index (χ3n) is 4.23. The lowest BCUT2D eigenvalue weighted by Crippen LogP contribution is -2.32. The molecule has 1 aromatic rings. The molecule has 0 radical (unpaired) electrons. The van der Waals surface area contributed by atoms with E-state index in [9.17, 15) is 0 Å². The van der Waals surface area contributed by atoms with Crippen LogP contribution in [-0.4, -0.2) is 31.6 Å². The van der Waals surface area contributed by atoms with Crippen LogP contribution < -0.4 is 5.73 Å². The zero-order valence-electron chi connectivity index (χ0n) is 12.1. The van der Waals surface area contributed by atoms with E-state index in [0.29, 0.717) is 19.2 Å². The maximum atomic E-state index is 6.00. The van der Waals surface area contributed by atoms with Crippen LogP contribution >= 0.6 is 0 Å². The topological polar surface area (TPSA) is 38.5 Å². The fourth-order valence-corrected chi connectivity index (χ4v) is 2.98. The van der Waals surface area contributed by atoms with Gasteiger partial charge in [0.05, 0.1) is 6.61 Å². The van der Waals surface area contributed by atoms with Gasteiger partial charge in [0, 0.05) is 26.2 Å². The summed E-state index contributed by atoms with van der Waals surface area (Å²) in [6.45, 7) is 6.03. The molecule has 0 aliphatic carbocycles. The Balaban J connectivity index is 2.04. The fourth-order valence-electron chi connectivity index (χ4n) is 2.98. The van der Waals surface area contributed by atoms with E-state index in [2.05, 4.69) is 36.1 Å². The molecule has 1 saturated heterocycles. The average molecular weight is 262 g/mol. The minimum Gasteiger partial charge on any atom is -0.380 e. The molecule has 0 aromatic heterocycles. The van der Waals surface area contributed by atoms with E-state index in [-0.39, 0.29) is 0 Å². The van der Waals surface area contributed by atoms with E-state index in [0.717, 1.165) is 5.92 Å². The number of nitrogens with zero attached hydrogens (tertiary/aromatic N) is 1. The van der Waals surface area contributed by atoms with Crippen LogP contribution in [0.5, 0.6) is 0 Å². The number of likely N-dealkylation sites (tertiary alicyclic amines) is 1. The highest BCUT2D eigenvalue weighted by molar-refractivity contribution is 5.25. The van der Waals surface area contributed by atoms with Crippen LogP contribution in [0.3, 0.4) is 0 Å². The Kier molecular flexibility index (Phi) is 5.37. The molecule has 0 amide bonds. The molecule has 1 aromatic carbocycles. The third-order valence-corrected chi connectivity index (χ3v) is 4.23. The van der Waals surface area contributed by atoms with Gasteiger partial charge in [0.1, 0.15) is 0 Å². The summed E-state index contributed by atoms with van der Waals surface area (Å²) in [5, 5.41) is 0. The lowest BCUT2D eigenvalue weighted by Gasteiger charge is -2.27. The Hall–Kier alpha value is -0.900. The minimum atomic E-state index is 0.369. The first-order chi connectivity index (χ1) is 9.28. The van der Waals surface area contributed by atoms with Crippen LogP contribution in [0.2, 0.25) is 0 Å². The largest absolute Gasteiger partial charge is 0.380 e. The van der Waals surface area contributed by atoms with E-state index in [1.54, 1.807) is 7.11 Å². The van der Waals surface area contributed by atoms with E-state index in [1.807, 2.05) is 0 Å². The summed E-state index contributed by atoms with van der Waals surface area (Å²) in [7, 11) is 1.73. The summed E-state index contributed by atoms with van der Waals surface area (Å²) < 4.78 is 5.15. The zero-order chi connectivity index (χ0) is 13.7. The van der Waals surface area contributed by atoms with Gasteiger partial charge in [-0.05, 0) is 30.0 Å². The van der Waals surface area contributed by atoms with Crippen LogP contribution in [0.1, 0.15) is 36.9 Å². The molecule has 2 atom stereocenters. The molecule has 2 unspecified atom stereocenters. The molecule has 3 heteroatoms. The van der Waals surface area contributed by atoms with Crippen molar-refractivity contribution in [3.8, 4) is 0 Å². The standard InChI is InChI=1S/C16H26N2O/c1-3-13-8-9-18(11-13)16(10-17)15-6-4-14(5-7-15)12-19-2/h4-7,13,16H,3,8-12,17H2,1-2H3. The smallest absolute Gasteiger partial charge is 0.0713 e. The summed E-state index contributed by atoms with van der Waals surface area (Å²) in [6, 6.07) is 9.06. The van der Waals surface area contributed by atoms with Crippen molar-refractivity contribution in [1.82, 2.24) is 4.90 Å². The molecule has 1 fully saturated rings. The summed E-state index contributed by atoms with van der Waals surface area (Å²) in [4.78, 5) is 2.54. The van der Waals surface area contributed by atoms with Crippen LogP contribution in [-0.2, 0) is 11.3 Å². The Bertz CT molecular complexity index is 377. The second-order valence-corrected chi connectivity index (χ2v) is 5.48. The maximum Gasteiger partial charge on any atom is 0.0713 e. The minimum absolute atomic E-state index is 0.369. The molecule has 1 aliphatic heterocycles. The predicted molar refractivity (Wildman–Crippen MR) is 78.9 cm³/mol. The Labute approximate surface area is 116 Å². The van der Waals surface area contributed by atoms with Crippen molar-refractivity contribution in [1.29, 1.82) is 0 Å². The summed E-state index contributed by atoms with van der Waals surface area (Å²) >= 11 is 0. The number of benzene rings is 1. The maximum absolute atomic E-state index is 6.00. The second-order valence-electron chi connectivity index (χ2n) is 5.48. The molecule has 1 aliphatic rings. The zero-order valence-corrected chi connectivity index (χ0v) is 12.1. The molecule has 1 heterocycles. The van der Waals surface area contributed by atoms with Gasteiger partial charge in [-0.3, -0.25) is 4.90 Å². The number of hydrogen-bond acceptors (Lipinski definition) is 3. The summed E-state index contributed by atoms with van der Waals surface area (Å²) in [6.07, 6.45) is 2.59. The molecule has 0 spiro atoms. The van der Waals surface area contributed by atoms with Gasteiger partial charge >= 0.3 is 0 Å². The number of rotatable bonds is 6. The normalized spacial score (nSPS) is 21.7. The van der Waals surface area contributed by atoms with Crippen LogP contribution in [0.25, 0.3) is 0 Å². The van der Waals surface area contributed by atoms with Crippen LogP contribution in [0, 0.1) is 5.92 Å². The van der Waals surface area contributed by atoms with Gasteiger partial charge in [-0.2, -0.15) is 0 Å². The van der Waals surface area contributed by atoms with Gasteiger partial charge in [-0.15, -0.1) is 0 Å². The van der Waals surface area contributed by atoms with Crippen molar-refractivity contribution >= 4 is 0 Å². The highest BCUT2D eigenvalue weighted by Crippen LogP contribution is 2.28. The lowest BCUT2D eigenvalue weighted by atomic mass is 10.0. The van der Waals surface area contributed by atoms with Crippen molar-refractivity contribution in [3.63, 3.8) is 0 Å². The highest BCUT2D eigenvalue weighted by Gasteiger charge is 2.27. The van der Waals surface area contributed by atoms with Crippen molar-refractivity contribution in [3.05, 3.63) is 35.4 Å². The molecule has 2 N–H and O–H groups in total. The van der Waals surface area contributed by atoms with E-state index in [4.69, 9.17) is 10.5 Å². The van der Waals surface area contributed by atoms with Crippen molar-refractivity contribution < 1.29 is 4.74 Å². The summed E-state index contributed by atoms with van der Waals surface area (Å²) in [5.41, 5.74) is 8.55. The SMILES string of the molecule is CCC1CCN(C(CN)c2ccc(COC)cc2)C1. The first-order valence-corrected chi connectivity index (χ1v) is 7.30. The third kappa shape index (κ3) is 3.56. The molecule has 3 nitrogen and oxygen atoms in total. The molecule has 0 bridgehead atoms. The molecule has 19 heavy (non-hydrogen) atoms. The molecular weight excluding hydrogens is 236 g/mol. The van der Waals surface area contributed by atoms with Crippen molar-refractivity contribution in [2.75, 3.05) is 26.7 Å². The Morgan fingerprint density at radius 3 is 2.63 bits per heavy atom. The first kappa shape index (κ1) is 14.5. The fraction of sp³-hybridized carbons (Fsp3) is 0.625. The quantitative estimate of drug-likeness (QED) is 0.856. The van der Waals surface area contributed by atoms with Gasteiger partial charge in [0.2, 0.25) is 0 Å². The number of methoxy groups -OCH3 is 1. The van der Waals surface area contributed by atoms with Gasteiger partial charge in [-0.1, -0.05) is 37.6 Å². The van der Waals surface area contributed by atoms with Gasteiger partial charge in [0.15, 0.2) is 0 Å². The second kappa shape index (κ2) is 7.04. The summed E-state index contributed by atoms with van der Waals surface area (Å²) in [5.74, 6) is 0.849. The van der Waals surface area contributed by atoms with Crippen LogP contribution in [0.15, 0.2) is 24.3 Å². The van der Waals surface area contributed by atoms with Gasteiger partial charge in [-0.25, -0.2) is 0 Å². The molecule has 0 saturated carbocycles.